The number of hydrogen-bond acceptors (Lipinski definition) is 4. The number of fused-ring (bicyclic) bond motifs is 4. The van der Waals surface area contributed by atoms with Gasteiger partial charge in [-0.2, -0.15) is 0 Å². The molecule has 2 bridgehead atoms. The zero-order valence-electron chi connectivity index (χ0n) is 14.0. The number of piperidine rings is 1. The summed E-state index contributed by atoms with van der Waals surface area (Å²) in [4.78, 5) is 14.4. The molecule has 0 unspecified atom stereocenters. The standard InChI is InChI=1S/C18H28N2O3/c1-2-3-7-23-13-16(21)12-19-9-14-8-15(11-19)17-5-4-6-18(22)20(17)10-14/h4-6,14-16,21H,2-3,7-13H2,1H3/t14-,15-,16-/m1/s1. The van der Waals surface area contributed by atoms with E-state index in [0.717, 1.165) is 51.2 Å². The summed E-state index contributed by atoms with van der Waals surface area (Å²) in [5.74, 6) is 0.916. The van der Waals surface area contributed by atoms with Crippen molar-refractivity contribution in [2.75, 3.05) is 32.8 Å². The lowest BCUT2D eigenvalue weighted by Crippen LogP contribution is -2.49. The summed E-state index contributed by atoms with van der Waals surface area (Å²) >= 11 is 0. The van der Waals surface area contributed by atoms with Gasteiger partial charge in [-0.1, -0.05) is 19.4 Å². The Hall–Kier alpha value is -1.17. The van der Waals surface area contributed by atoms with Gasteiger partial charge in [0.15, 0.2) is 0 Å². The lowest BCUT2D eigenvalue weighted by atomic mass is 9.83. The van der Waals surface area contributed by atoms with Crippen molar-refractivity contribution in [3.8, 4) is 0 Å². The summed E-state index contributed by atoms with van der Waals surface area (Å²) in [6.45, 7) is 6.64. The smallest absolute Gasteiger partial charge is 0.250 e. The van der Waals surface area contributed by atoms with Gasteiger partial charge in [-0.15, -0.1) is 0 Å². The van der Waals surface area contributed by atoms with Crippen LogP contribution < -0.4 is 5.56 Å². The van der Waals surface area contributed by atoms with Gasteiger partial charge in [-0.25, -0.2) is 0 Å². The van der Waals surface area contributed by atoms with Gasteiger partial charge in [0.1, 0.15) is 0 Å². The van der Waals surface area contributed by atoms with Crippen LogP contribution in [-0.2, 0) is 11.3 Å². The Bertz CT molecular complexity index is 572. The van der Waals surface area contributed by atoms with Crippen LogP contribution in [0.1, 0.15) is 37.8 Å². The van der Waals surface area contributed by atoms with Crippen LogP contribution in [0.3, 0.4) is 0 Å². The Morgan fingerprint density at radius 3 is 3.04 bits per heavy atom. The Morgan fingerprint density at radius 1 is 1.35 bits per heavy atom. The van der Waals surface area contributed by atoms with Crippen molar-refractivity contribution in [2.24, 2.45) is 5.92 Å². The Labute approximate surface area is 137 Å². The van der Waals surface area contributed by atoms with Crippen LogP contribution in [0.15, 0.2) is 23.0 Å². The summed E-state index contributed by atoms with van der Waals surface area (Å²) in [6.07, 6.45) is 2.89. The fraction of sp³-hybridized carbons (Fsp3) is 0.722. The van der Waals surface area contributed by atoms with E-state index in [9.17, 15) is 9.90 Å². The highest BCUT2D eigenvalue weighted by molar-refractivity contribution is 5.16. The molecule has 23 heavy (non-hydrogen) atoms. The van der Waals surface area contributed by atoms with Gasteiger partial charge < -0.3 is 14.4 Å². The zero-order valence-corrected chi connectivity index (χ0v) is 14.0. The number of rotatable bonds is 7. The molecule has 128 valence electrons. The lowest BCUT2D eigenvalue weighted by molar-refractivity contribution is 0.00227. The lowest BCUT2D eigenvalue weighted by Gasteiger charge is -2.43. The first kappa shape index (κ1) is 16.7. The van der Waals surface area contributed by atoms with Crippen molar-refractivity contribution >= 4 is 0 Å². The molecule has 0 saturated carbocycles. The second kappa shape index (κ2) is 7.60. The van der Waals surface area contributed by atoms with E-state index in [1.807, 2.05) is 10.6 Å². The second-order valence-corrected chi connectivity index (χ2v) is 7.00. The maximum atomic E-state index is 12.0. The molecule has 2 aliphatic heterocycles. The van der Waals surface area contributed by atoms with E-state index in [0.29, 0.717) is 25.0 Å². The molecule has 0 aliphatic carbocycles. The van der Waals surface area contributed by atoms with Crippen molar-refractivity contribution < 1.29 is 9.84 Å². The predicted molar refractivity (Wildman–Crippen MR) is 89.7 cm³/mol. The highest BCUT2D eigenvalue weighted by atomic mass is 16.5. The molecule has 1 fully saturated rings. The monoisotopic (exact) mass is 320 g/mol. The Morgan fingerprint density at radius 2 is 2.22 bits per heavy atom. The third kappa shape index (κ3) is 4.03. The van der Waals surface area contributed by atoms with Crippen molar-refractivity contribution in [1.82, 2.24) is 9.47 Å². The van der Waals surface area contributed by atoms with Crippen molar-refractivity contribution in [2.45, 2.75) is 44.8 Å². The summed E-state index contributed by atoms with van der Waals surface area (Å²) < 4.78 is 7.47. The normalized spacial score (nSPS) is 25.1. The van der Waals surface area contributed by atoms with Gasteiger partial charge in [0.25, 0.3) is 5.56 Å². The van der Waals surface area contributed by atoms with Crippen LogP contribution in [0.5, 0.6) is 0 Å². The van der Waals surface area contributed by atoms with Gasteiger partial charge in [-0.05, 0) is 24.8 Å². The molecular formula is C18H28N2O3. The topological polar surface area (TPSA) is 54.7 Å². The number of aliphatic hydroxyl groups is 1. The SMILES string of the molecule is CCCCOC[C@H](O)CN1C[C@H]2C[C@H](C1)c1cccc(=O)n1C2. The fourth-order valence-electron chi connectivity index (χ4n) is 3.96. The minimum atomic E-state index is -0.427. The van der Waals surface area contributed by atoms with Crippen LogP contribution in [0.4, 0.5) is 0 Å². The average Bonchev–Trinajstić information content (AvgIpc) is 2.53. The Balaban J connectivity index is 1.56. The van der Waals surface area contributed by atoms with Crippen LogP contribution in [-0.4, -0.2) is 53.5 Å². The predicted octanol–water partition coefficient (Wildman–Crippen LogP) is 1.44. The summed E-state index contributed by atoms with van der Waals surface area (Å²) in [6, 6.07) is 5.60. The minimum Gasteiger partial charge on any atom is -0.389 e. The van der Waals surface area contributed by atoms with Crippen LogP contribution >= 0.6 is 0 Å². The molecule has 3 rings (SSSR count). The molecule has 0 amide bonds. The first-order valence-corrected chi connectivity index (χ1v) is 8.85. The molecule has 1 aromatic rings. The average molecular weight is 320 g/mol. The number of nitrogens with zero attached hydrogens (tertiary/aromatic N) is 2. The molecule has 2 aliphatic rings. The summed E-state index contributed by atoms with van der Waals surface area (Å²) in [5.41, 5.74) is 1.28. The molecular weight excluding hydrogens is 292 g/mol. The number of aromatic nitrogens is 1. The van der Waals surface area contributed by atoms with E-state index < -0.39 is 6.10 Å². The molecule has 5 heteroatoms. The quantitative estimate of drug-likeness (QED) is 0.773. The highest BCUT2D eigenvalue weighted by Crippen LogP contribution is 2.34. The largest absolute Gasteiger partial charge is 0.389 e. The minimum absolute atomic E-state index is 0.120. The van der Waals surface area contributed by atoms with Crippen LogP contribution in [0.2, 0.25) is 0 Å². The first-order valence-electron chi connectivity index (χ1n) is 8.85. The number of likely N-dealkylation sites (tertiary alicyclic amines) is 1. The first-order chi connectivity index (χ1) is 11.2. The molecule has 1 saturated heterocycles. The molecule has 1 aromatic heterocycles. The van der Waals surface area contributed by atoms with E-state index in [2.05, 4.69) is 17.9 Å². The Kier molecular flexibility index (Phi) is 5.51. The maximum absolute atomic E-state index is 12.0. The van der Waals surface area contributed by atoms with E-state index in [-0.39, 0.29) is 5.56 Å². The van der Waals surface area contributed by atoms with E-state index in [1.165, 1.54) is 0 Å². The van der Waals surface area contributed by atoms with Crippen LogP contribution in [0.25, 0.3) is 0 Å². The number of β-amino-alcohol motifs (C(OH)–C–C–N with tert-alkyl or cyclic N) is 1. The van der Waals surface area contributed by atoms with Crippen molar-refractivity contribution in [3.05, 3.63) is 34.2 Å². The van der Waals surface area contributed by atoms with Crippen molar-refractivity contribution in [1.29, 1.82) is 0 Å². The molecule has 1 N–H and O–H groups in total. The molecule has 0 aromatic carbocycles. The zero-order chi connectivity index (χ0) is 16.2. The third-order valence-corrected chi connectivity index (χ3v) is 4.98. The third-order valence-electron chi connectivity index (χ3n) is 4.98. The van der Waals surface area contributed by atoms with Gasteiger partial charge in [0.2, 0.25) is 0 Å². The summed E-state index contributed by atoms with van der Waals surface area (Å²) in [7, 11) is 0. The number of aliphatic hydroxyl groups excluding tert-OH is 1. The number of pyridine rings is 1. The van der Waals surface area contributed by atoms with Gasteiger partial charge in [-0.3, -0.25) is 9.69 Å². The number of hydrogen-bond donors (Lipinski definition) is 1. The molecule has 0 spiro atoms. The maximum Gasteiger partial charge on any atom is 0.250 e. The number of unbranched alkanes of at least 4 members (excludes halogenated alkanes) is 1. The molecule has 3 heterocycles. The van der Waals surface area contributed by atoms with Gasteiger partial charge >= 0.3 is 0 Å². The molecule has 3 atom stereocenters. The fourth-order valence-corrected chi connectivity index (χ4v) is 3.96. The summed E-state index contributed by atoms with van der Waals surface area (Å²) in [5, 5.41) is 10.2. The molecule has 0 radical (unpaired) electrons. The van der Waals surface area contributed by atoms with Crippen LogP contribution in [0, 0.1) is 5.92 Å². The van der Waals surface area contributed by atoms with Gasteiger partial charge in [0.05, 0.1) is 12.7 Å². The van der Waals surface area contributed by atoms with Gasteiger partial charge in [0, 0.05) is 50.5 Å². The highest BCUT2D eigenvalue weighted by Gasteiger charge is 2.34. The second-order valence-electron chi connectivity index (χ2n) is 7.00. The van der Waals surface area contributed by atoms with E-state index in [4.69, 9.17) is 4.74 Å². The van der Waals surface area contributed by atoms with Crippen molar-refractivity contribution in [3.63, 3.8) is 0 Å². The molecule has 5 nitrogen and oxygen atoms in total. The number of ether oxygens (including phenoxy) is 1. The van der Waals surface area contributed by atoms with E-state index in [1.54, 1.807) is 6.07 Å². The van der Waals surface area contributed by atoms with E-state index >= 15 is 0 Å².